The van der Waals surface area contributed by atoms with E-state index in [1.165, 1.54) is 4.57 Å². The number of benzene rings is 1. The Hall–Kier alpha value is -2.19. The molecule has 0 bridgehead atoms. The molecule has 0 amide bonds. The van der Waals surface area contributed by atoms with Crippen molar-refractivity contribution in [1.82, 2.24) is 9.55 Å². The van der Waals surface area contributed by atoms with Crippen LogP contribution in [0.25, 0.3) is 11.0 Å². The summed E-state index contributed by atoms with van der Waals surface area (Å²) in [4.78, 5) is 14.5. The second-order valence-corrected chi connectivity index (χ2v) is 3.61. The van der Waals surface area contributed by atoms with Crippen LogP contribution in [0.5, 0.6) is 6.01 Å². The van der Waals surface area contributed by atoms with Gasteiger partial charge in [-0.05, 0) is 18.2 Å². The Bertz CT molecular complexity index is 627. The van der Waals surface area contributed by atoms with Gasteiger partial charge in [0.25, 0.3) is 0 Å². The van der Waals surface area contributed by atoms with E-state index in [4.69, 9.17) is 27.9 Å². The molecule has 1 N–H and O–H groups in total. The van der Waals surface area contributed by atoms with Gasteiger partial charge in [-0.1, -0.05) is 18.0 Å². The van der Waals surface area contributed by atoms with E-state index in [9.17, 15) is 4.79 Å². The number of hydrogen-bond acceptors (Lipinski definition) is 3. The lowest BCUT2D eigenvalue weighted by molar-refractivity contribution is -0.139. The zero-order chi connectivity index (χ0) is 12.4. The molecule has 0 aliphatic rings. The second kappa shape index (κ2) is 4.36. The average molecular weight is 251 g/mol. The third-order valence-electron chi connectivity index (χ3n) is 2.04. The lowest BCUT2D eigenvalue weighted by atomic mass is 10.3. The number of ether oxygens (including phenoxy) is 1. The van der Waals surface area contributed by atoms with Crippen molar-refractivity contribution in [2.24, 2.45) is 0 Å². The highest BCUT2D eigenvalue weighted by molar-refractivity contribution is 6.31. The SMILES string of the molecule is C#Cn1c(OCC(=O)O)nc2ccc(Cl)cc21. The summed E-state index contributed by atoms with van der Waals surface area (Å²) in [5.74, 6) is -1.10. The minimum Gasteiger partial charge on any atom is -0.479 e. The highest BCUT2D eigenvalue weighted by Crippen LogP contribution is 2.23. The normalized spacial score (nSPS) is 10.1. The number of halogens is 1. The molecule has 0 saturated carbocycles. The van der Waals surface area contributed by atoms with Crippen LogP contribution in [0.2, 0.25) is 5.02 Å². The smallest absolute Gasteiger partial charge is 0.341 e. The number of aliphatic carboxylic acids is 1. The molecule has 0 radical (unpaired) electrons. The van der Waals surface area contributed by atoms with Crippen LogP contribution in [0.15, 0.2) is 18.2 Å². The quantitative estimate of drug-likeness (QED) is 0.841. The molecule has 0 aliphatic heterocycles. The predicted octanol–water partition coefficient (Wildman–Crippen LogP) is 1.59. The molecular formula is C11H7ClN2O3. The molecule has 6 heteroatoms. The third kappa shape index (κ3) is 2.17. The first kappa shape index (κ1) is 11.3. The van der Waals surface area contributed by atoms with E-state index in [0.29, 0.717) is 16.1 Å². The summed E-state index contributed by atoms with van der Waals surface area (Å²) in [6.07, 6.45) is 5.32. The maximum absolute atomic E-state index is 10.4. The van der Waals surface area contributed by atoms with Gasteiger partial charge in [0.15, 0.2) is 6.61 Å². The first-order valence-electron chi connectivity index (χ1n) is 4.61. The summed E-state index contributed by atoms with van der Waals surface area (Å²) >= 11 is 5.84. The van der Waals surface area contributed by atoms with Crippen molar-refractivity contribution in [2.45, 2.75) is 0 Å². The molecule has 86 valence electrons. The number of imidazole rings is 1. The standard InChI is InChI=1S/C11H7ClN2O3/c1-2-14-9-5-7(12)3-4-8(9)13-11(14)17-6-10(15)16/h1,3-5H,6H2,(H,15,16). The Labute approximate surface area is 102 Å². The van der Waals surface area contributed by atoms with E-state index in [1.54, 1.807) is 18.2 Å². The van der Waals surface area contributed by atoms with Gasteiger partial charge in [-0.3, -0.25) is 0 Å². The van der Waals surface area contributed by atoms with Crippen molar-refractivity contribution in [2.75, 3.05) is 6.61 Å². The largest absolute Gasteiger partial charge is 0.479 e. The van der Waals surface area contributed by atoms with Crippen LogP contribution in [-0.4, -0.2) is 27.2 Å². The van der Waals surface area contributed by atoms with E-state index in [0.717, 1.165) is 0 Å². The van der Waals surface area contributed by atoms with Gasteiger partial charge in [-0.2, -0.15) is 4.98 Å². The van der Waals surface area contributed by atoms with Crippen LogP contribution < -0.4 is 4.74 Å². The predicted molar refractivity (Wildman–Crippen MR) is 62.1 cm³/mol. The number of fused-ring (bicyclic) bond motifs is 1. The fraction of sp³-hybridized carbons (Fsp3) is 0.0909. The number of hydrogen-bond donors (Lipinski definition) is 1. The van der Waals surface area contributed by atoms with Crippen LogP contribution in [0.3, 0.4) is 0 Å². The monoisotopic (exact) mass is 250 g/mol. The lowest BCUT2D eigenvalue weighted by Gasteiger charge is -2.00. The molecular weight excluding hydrogens is 244 g/mol. The summed E-state index contributed by atoms with van der Waals surface area (Å²) in [6, 6.07) is 7.39. The van der Waals surface area contributed by atoms with Crippen molar-refractivity contribution < 1.29 is 14.6 Å². The fourth-order valence-corrected chi connectivity index (χ4v) is 1.54. The number of carboxylic acid groups (broad SMARTS) is 1. The molecule has 0 atom stereocenters. The summed E-state index contributed by atoms with van der Waals surface area (Å²) < 4.78 is 6.29. The summed E-state index contributed by atoms with van der Waals surface area (Å²) in [7, 11) is 0. The van der Waals surface area contributed by atoms with Gasteiger partial charge >= 0.3 is 12.0 Å². The Morgan fingerprint density at radius 2 is 2.41 bits per heavy atom. The third-order valence-corrected chi connectivity index (χ3v) is 2.27. The van der Waals surface area contributed by atoms with Gasteiger partial charge in [-0.15, -0.1) is 0 Å². The highest BCUT2D eigenvalue weighted by Gasteiger charge is 2.12. The molecule has 2 aromatic rings. The zero-order valence-corrected chi connectivity index (χ0v) is 9.31. The molecule has 1 heterocycles. The van der Waals surface area contributed by atoms with Gasteiger partial charge < -0.3 is 9.84 Å². The second-order valence-electron chi connectivity index (χ2n) is 3.17. The molecule has 1 aromatic heterocycles. The van der Waals surface area contributed by atoms with E-state index >= 15 is 0 Å². The van der Waals surface area contributed by atoms with E-state index in [2.05, 4.69) is 11.0 Å². The Morgan fingerprint density at radius 3 is 3.06 bits per heavy atom. The molecule has 0 unspecified atom stereocenters. The van der Waals surface area contributed by atoms with E-state index < -0.39 is 12.6 Å². The molecule has 0 spiro atoms. The van der Waals surface area contributed by atoms with Crippen molar-refractivity contribution in [3.05, 3.63) is 23.2 Å². The first-order valence-corrected chi connectivity index (χ1v) is 4.99. The Balaban J connectivity index is 2.49. The van der Waals surface area contributed by atoms with Crippen LogP contribution in [0.4, 0.5) is 0 Å². The lowest BCUT2D eigenvalue weighted by Crippen LogP contribution is -2.11. The maximum atomic E-state index is 10.4. The van der Waals surface area contributed by atoms with Crippen molar-refractivity contribution in [3.8, 4) is 18.5 Å². The molecule has 5 nitrogen and oxygen atoms in total. The molecule has 0 saturated heterocycles. The minimum absolute atomic E-state index is 0.0622. The average Bonchev–Trinajstić information content (AvgIpc) is 2.63. The number of carbonyl (C=O) groups is 1. The summed E-state index contributed by atoms with van der Waals surface area (Å²) in [6.45, 7) is -0.501. The van der Waals surface area contributed by atoms with Crippen molar-refractivity contribution in [3.63, 3.8) is 0 Å². The van der Waals surface area contributed by atoms with Crippen LogP contribution in [0, 0.1) is 12.5 Å². The van der Waals surface area contributed by atoms with Gasteiger partial charge in [0.1, 0.15) is 0 Å². The maximum Gasteiger partial charge on any atom is 0.341 e. The number of aromatic nitrogens is 2. The van der Waals surface area contributed by atoms with Crippen molar-refractivity contribution in [1.29, 1.82) is 0 Å². The number of terminal acetylenes is 1. The topological polar surface area (TPSA) is 64.3 Å². The summed E-state index contributed by atoms with van der Waals surface area (Å²) in [5, 5.41) is 9.04. The molecule has 0 fully saturated rings. The Morgan fingerprint density at radius 1 is 1.65 bits per heavy atom. The Kier molecular flexibility index (Phi) is 2.90. The van der Waals surface area contributed by atoms with Gasteiger partial charge in [-0.25, -0.2) is 9.36 Å². The van der Waals surface area contributed by atoms with E-state index in [-0.39, 0.29) is 6.01 Å². The molecule has 0 aliphatic carbocycles. The zero-order valence-electron chi connectivity index (χ0n) is 8.55. The summed E-state index contributed by atoms with van der Waals surface area (Å²) in [5.41, 5.74) is 1.19. The van der Waals surface area contributed by atoms with Crippen LogP contribution in [0.1, 0.15) is 0 Å². The van der Waals surface area contributed by atoms with Gasteiger partial charge in [0, 0.05) is 11.1 Å². The molecule has 17 heavy (non-hydrogen) atoms. The number of nitrogens with zero attached hydrogens (tertiary/aromatic N) is 2. The van der Waals surface area contributed by atoms with E-state index in [1.807, 2.05) is 0 Å². The first-order chi connectivity index (χ1) is 8.11. The number of carboxylic acids is 1. The van der Waals surface area contributed by atoms with Crippen molar-refractivity contribution >= 4 is 28.6 Å². The van der Waals surface area contributed by atoms with Crippen LogP contribution >= 0.6 is 11.6 Å². The number of rotatable bonds is 3. The van der Waals surface area contributed by atoms with Gasteiger partial charge in [0.05, 0.1) is 11.0 Å². The highest BCUT2D eigenvalue weighted by atomic mass is 35.5. The molecule has 1 aromatic carbocycles. The molecule has 2 rings (SSSR count). The fourth-order valence-electron chi connectivity index (χ4n) is 1.37. The van der Waals surface area contributed by atoms with Gasteiger partial charge in [0.2, 0.25) is 0 Å². The minimum atomic E-state index is -1.10. The van der Waals surface area contributed by atoms with Crippen LogP contribution in [-0.2, 0) is 4.79 Å².